The second-order valence-electron chi connectivity index (χ2n) is 6.09. The third-order valence-corrected chi connectivity index (χ3v) is 5.35. The van der Waals surface area contributed by atoms with E-state index >= 15 is 0 Å². The molecule has 0 bridgehead atoms. The van der Waals surface area contributed by atoms with Crippen LogP contribution in [-0.4, -0.2) is 48.3 Å². The maximum Gasteiger partial charge on any atom is 0.321 e. The standard InChI is InChI=1S/C18H20N6O5S/c1-12-8-9-19-24(12)11-16(25)20-13-4-6-14(7-5-13)30(26,27)23-15-10-17(28-2)22-18(21-15)29-3/h4-10H,11H2,1-3H3,(H,20,25)(H,21,22,23). The molecular formula is C18H20N6O5S. The number of amides is 1. The first kappa shape index (κ1) is 21.0. The number of hydrogen-bond donors (Lipinski definition) is 2. The van der Waals surface area contributed by atoms with Crippen LogP contribution in [0.5, 0.6) is 11.9 Å². The molecule has 0 aliphatic rings. The van der Waals surface area contributed by atoms with Gasteiger partial charge in [-0.05, 0) is 37.3 Å². The van der Waals surface area contributed by atoms with Gasteiger partial charge in [-0.2, -0.15) is 15.1 Å². The number of hydrogen-bond acceptors (Lipinski definition) is 8. The number of aromatic nitrogens is 4. The van der Waals surface area contributed by atoms with Crippen molar-refractivity contribution in [1.29, 1.82) is 0 Å². The van der Waals surface area contributed by atoms with E-state index in [1.54, 1.807) is 16.9 Å². The molecule has 0 saturated heterocycles. The van der Waals surface area contributed by atoms with Crippen molar-refractivity contribution in [3.8, 4) is 11.9 Å². The van der Waals surface area contributed by atoms with Gasteiger partial charge < -0.3 is 14.8 Å². The summed E-state index contributed by atoms with van der Waals surface area (Å²) in [5.41, 5.74) is 1.31. The zero-order valence-corrected chi connectivity index (χ0v) is 17.3. The first-order chi connectivity index (χ1) is 14.3. The van der Waals surface area contributed by atoms with Gasteiger partial charge >= 0.3 is 6.01 Å². The number of sulfonamides is 1. The molecule has 12 heteroatoms. The molecule has 0 spiro atoms. The minimum Gasteiger partial charge on any atom is -0.481 e. The maximum absolute atomic E-state index is 12.6. The second kappa shape index (κ2) is 8.78. The van der Waals surface area contributed by atoms with Gasteiger partial charge in [0.2, 0.25) is 11.8 Å². The molecule has 0 saturated carbocycles. The van der Waals surface area contributed by atoms with Gasteiger partial charge in [-0.25, -0.2) is 8.42 Å². The van der Waals surface area contributed by atoms with E-state index in [0.29, 0.717) is 5.69 Å². The van der Waals surface area contributed by atoms with Crippen molar-refractivity contribution in [2.24, 2.45) is 0 Å². The Morgan fingerprint density at radius 3 is 2.43 bits per heavy atom. The Morgan fingerprint density at radius 2 is 1.83 bits per heavy atom. The van der Waals surface area contributed by atoms with E-state index in [0.717, 1.165) is 5.69 Å². The Bertz CT molecular complexity index is 1120. The lowest BCUT2D eigenvalue weighted by molar-refractivity contribution is -0.116. The van der Waals surface area contributed by atoms with Crippen LogP contribution in [0.2, 0.25) is 0 Å². The van der Waals surface area contributed by atoms with Crippen LogP contribution >= 0.6 is 0 Å². The smallest absolute Gasteiger partial charge is 0.321 e. The Morgan fingerprint density at radius 1 is 1.10 bits per heavy atom. The lowest BCUT2D eigenvalue weighted by Gasteiger charge is -2.11. The van der Waals surface area contributed by atoms with E-state index in [9.17, 15) is 13.2 Å². The van der Waals surface area contributed by atoms with Crippen LogP contribution in [0.4, 0.5) is 11.5 Å². The fraction of sp³-hybridized carbons (Fsp3) is 0.222. The summed E-state index contributed by atoms with van der Waals surface area (Å²) in [7, 11) is -1.19. The predicted octanol–water partition coefficient (Wildman–Crippen LogP) is 1.44. The van der Waals surface area contributed by atoms with Crippen molar-refractivity contribution >= 4 is 27.4 Å². The third kappa shape index (κ3) is 5.03. The molecule has 3 aromatic rings. The third-order valence-electron chi connectivity index (χ3n) is 3.98. The van der Waals surface area contributed by atoms with Crippen molar-refractivity contribution < 1.29 is 22.7 Å². The molecule has 2 aromatic heterocycles. The number of carbonyl (C=O) groups is 1. The zero-order chi connectivity index (χ0) is 21.7. The zero-order valence-electron chi connectivity index (χ0n) is 16.5. The first-order valence-corrected chi connectivity index (χ1v) is 10.2. The number of nitrogens with one attached hydrogen (secondary N) is 2. The minimum absolute atomic E-state index is 0.00864. The highest BCUT2D eigenvalue weighted by molar-refractivity contribution is 7.92. The van der Waals surface area contributed by atoms with Gasteiger partial charge in [0.05, 0.1) is 19.1 Å². The molecule has 3 rings (SSSR count). The fourth-order valence-electron chi connectivity index (χ4n) is 2.47. The van der Waals surface area contributed by atoms with Crippen LogP contribution in [0.3, 0.4) is 0 Å². The summed E-state index contributed by atoms with van der Waals surface area (Å²) in [6.07, 6.45) is 1.61. The molecule has 0 unspecified atom stereocenters. The quantitative estimate of drug-likeness (QED) is 0.545. The van der Waals surface area contributed by atoms with E-state index in [4.69, 9.17) is 9.47 Å². The highest BCUT2D eigenvalue weighted by atomic mass is 32.2. The molecule has 11 nitrogen and oxygen atoms in total. The van der Waals surface area contributed by atoms with Crippen LogP contribution in [-0.2, 0) is 21.4 Å². The highest BCUT2D eigenvalue weighted by Crippen LogP contribution is 2.21. The molecule has 0 radical (unpaired) electrons. The molecule has 2 heterocycles. The molecule has 30 heavy (non-hydrogen) atoms. The monoisotopic (exact) mass is 432 g/mol. The van der Waals surface area contributed by atoms with Crippen molar-refractivity contribution in [3.63, 3.8) is 0 Å². The fourth-order valence-corrected chi connectivity index (χ4v) is 3.46. The Hall–Kier alpha value is -3.67. The van der Waals surface area contributed by atoms with Gasteiger partial charge in [0.25, 0.3) is 10.0 Å². The average molecular weight is 432 g/mol. The summed E-state index contributed by atoms with van der Waals surface area (Å²) in [6.45, 7) is 1.90. The van der Waals surface area contributed by atoms with Crippen molar-refractivity contribution in [2.75, 3.05) is 24.3 Å². The summed E-state index contributed by atoms with van der Waals surface area (Å²) in [5.74, 6) is -0.147. The molecule has 0 fully saturated rings. The Balaban J connectivity index is 1.70. The Labute approximate surface area is 173 Å². The van der Waals surface area contributed by atoms with E-state index < -0.39 is 10.0 Å². The molecule has 2 N–H and O–H groups in total. The van der Waals surface area contributed by atoms with E-state index in [-0.39, 0.29) is 35.1 Å². The number of aryl methyl sites for hydroxylation is 1. The minimum atomic E-state index is -3.93. The topological polar surface area (TPSA) is 137 Å². The van der Waals surface area contributed by atoms with Gasteiger partial charge in [0.15, 0.2) is 5.82 Å². The highest BCUT2D eigenvalue weighted by Gasteiger charge is 2.17. The molecule has 158 valence electrons. The van der Waals surface area contributed by atoms with E-state index in [1.165, 1.54) is 44.6 Å². The number of nitrogens with zero attached hydrogens (tertiary/aromatic N) is 4. The van der Waals surface area contributed by atoms with Gasteiger partial charge in [-0.1, -0.05) is 0 Å². The number of carbonyl (C=O) groups excluding carboxylic acids is 1. The average Bonchev–Trinajstić information content (AvgIpc) is 3.12. The molecule has 0 aliphatic carbocycles. The second-order valence-corrected chi connectivity index (χ2v) is 7.77. The van der Waals surface area contributed by atoms with Crippen molar-refractivity contribution in [2.45, 2.75) is 18.4 Å². The van der Waals surface area contributed by atoms with Gasteiger partial charge in [0, 0.05) is 23.6 Å². The lowest BCUT2D eigenvalue weighted by atomic mass is 10.3. The van der Waals surface area contributed by atoms with Crippen LogP contribution in [0.1, 0.15) is 5.69 Å². The molecule has 0 aliphatic heterocycles. The van der Waals surface area contributed by atoms with Crippen LogP contribution in [0.25, 0.3) is 0 Å². The van der Waals surface area contributed by atoms with Gasteiger partial charge in [-0.15, -0.1) is 0 Å². The Kier molecular flexibility index (Phi) is 6.16. The summed E-state index contributed by atoms with van der Waals surface area (Å²) in [4.78, 5) is 20.0. The SMILES string of the molecule is COc1cc(NS(=O)(=O)c2ccc(NC(=O)Cn3nccc3C)cc2)nc(OC)n1. The van der Waals surface area contributed by atoms with Gasteiger partial charge in [0.1, 0.15) is 6.54 Å². The number of methoxy groups -OCH3 is 2. The number of benzene rings is 1. The number of rotatable bonds is 8. The van der Waals surface area contributed by atoms with E-state index in [1.807, 2.05) is 6.92 Å². The first-order valence-electron chi connectivity index (χ1n) is 8.69. The van der Waals surface area contributed by atoms with Gasteiger partial charge in [-0.3, -0.25) is 14.2 Å². The van der Waals surface area contributed by atoms with E-state index in [2.05, 4.69) is 25.1 Å². The molecule has 1 aromatic carbocycles. The van der Waals surface area contributed by atoms with Crippen LogP contribution < -0.4 is 19.5 Å². The maximum atomic E-state index is 12.6. The van der Waals surface area contributed by atoms with Crippen LogP contribution in [0.15, 0.2) is 47.5 Å². The van der Waals surface area contributed by atoms with Crippen molar-refractivity contribution in [3.05, 3.63) is 48.3 Å². The molecular weight excluding hydrogens is 412 g/mol. The van der Waals surface area contributed by atoms with Crippen molar-refractivity contribution in [1.82, 2.24) is 19.7 Å². The summed E-state index contributed by atoms with van der Waals surface area (Å²) in [6, 6.07) is 8.79. The largest absolute Gasteiger partial charge is 0.481 e. The summed E-state index contributed by atoms with van der Waals surface area (Å²) >= 11 is 0. The number of ether oxygens (including phenoxy) is 2. The summed E-state index contributed by atoms with van der Waals surface area (Å²) < 4.78 is 39.1. The predicted molar refractivity (Wildman–Crippen MR) is 108 cm³/mol. The number of anilines is 2. The molecule has 1 amide bonds. The summed E-state index contributed by atoms with van der Waals surface area (Å²) in [5, 5.41) is 6.75. The van der Waals surface area contributed by atoms with Crippen LogP contribution in [0, 0.1) is 6.92 Å². The normalized spacial score (nSPS) is 11.0. The lowest BCUT2D eigenvalue weighted by Crippen LogP contribution is -2.20. The molecule has 0 atom stereocenters.